The second-order valence-corrected chi connectivity index (χ2v) is 5.18. The number of nitrogens with zero attached hydrogens (tertiary/aromatic N) is 4. The summed E-state index contributed by atoms with van der Waals surface area (Å²) in [5, 5.41) is 0.479. The van der Waals surface area contributed by atoms with Crippen LogP contribution in [0, 0.1) is 0 Å². The van der Waals surface area contributed by atoms with Crippen molar-refractivity contribution in [3.05, 3.63) is 23.4 Å². The largest absolute Gasteiger partial charge is 0.481 e. The highest BCUT2D eigenvalue weighted by atomic mass is 35.5. The van der Waals surface area contributed by atoms with Crippen LogP contribution < -0.4 is 15.4 Å². The summed E-state index contributed by atoms with van der Waals surface area (Å²) in [6.07, 6.45) is 1.53. The second-order valence-electron chi connectivity index (χ2n) is 4.78. The van der Waals surface area contributed by atoms with Crippen LogP contribution in [-0.4, -0.2) is 48.4 Å². The molecule has 0 amide bonds. The van der Waals surface area contributed by atoms with Crippen LogP contribution in [0.4, 0.5) is 11.8 Å². The van der Waals surface area contributed by atoms with E-state index in [-0.39, 0.29) is 5.95 Å². The van der Waals surface area contributed by atoms with E-state index in [9.17, 15) is 0 Å². The Morgan fingerprint density at radius 3 is 2.77 bits per heavy atom. The van der Waals surface area contributed by atoms with E-state index in [1.807, 2.05) is 6.07 Å². The van der Waals surface area contributed by atoms with Crippen molar-refractivity contribution in [3.8, 4) is 17.1 Å². The van der Waals surface area contributed by atoms with Crippen LogP contribution in [0.25, 0.3) is 11.3 Å². The molecule has 2 aromatic rings. The number of aromatic nitrogens is 3. The van der Waals surface area contributed by atoms with Crippen molar-refractivity contribution >= 4 is 23.4 Å². The van der Waals surface area contributed by atoms with E-state index in [2.05, 4.69) is 19.9 Å². The molecule has 2 aromatic heterocycles. The van der Waals surface area contributed by atoms with E-state index < -0.39 is 0 Å². The van der Waals surface area contributed by atoms with Gasteiger partial charge in [0.15, 0.2) is 0 Å². The van der Waals surface area contributed by atoms with Gasteiger partial charge in [-0.25, -0.2) is 9.97 Å². The number of nitrogens with two attached hydrogens (primary N) is 1. The molecule has 0 atom stereocenters. The number of pyridine rings is 1. The first kappa shape index (κ1) is 14.8. The van der Waals surface area contributed by atoms with E-state index in [0.717, 1.165) is 18.9 Å². The molecular formula is C14H16ClN5O2. The SMILES string of the molecule is COc1cc(-c2cc(N3CCOCC3)nc(N)n2)c(Cl)cn1. The Kier molecular flexibility index (Phi) is 4.26. The molecule has 0 aliphatic carbocycles. The van der Waals surface area contributed by atoms with Gasteiger partial charge in [0.05, 0.1) is 37.2 Å². The Bertz CT molecular complexity index is 676. The third-order valence-corrected chi connectivity index (χ3v) is 3.68. The number of hydrogen-bond acceptors (Lipinski definition) is 7. The number of rotatable bonds is 3. The van der Waals surface area contributed by atoms with E-state index in [1.54, 1.807) is 13.2 Å². The fourth-order valence-corrected chi connectivity index (χ4v) is 2.47. The van der Waals surface area contributed by atoms with Crippen molar-refractivity contribution in [1.29, 1.82) is 0 Å². The van der Waals surface area contributed by atoms with E-state index in [1.165, 1.54) is 6.20 Å². The second kappa shape index (κ2) is 6.33. The summed E-state index contributed by atoms with van der Waals surface area (Å²) in [6, 6.07) is 3.59. The highest BCUT2D eigenvalue weighted by Crippen LogP contribution is 2.31. The van der Waals surface area contributed by atoms with Crippen molar-refractivity contribution in [3.63, 3.8) is 0 Å². The molecule has 2 N–H and O–H groups in total. The van der Waals surface area contributed by atoms with Gasteiger partial charge < -0.3 is 20.1 Å². The monoisotopic (exact) mass is 321 g/mol. The normalized spacial score (nSPS) is 14.9. The molecule has 0 radical (unpaired) electrons. The topological polar surface area (TPSA) is 86.4 Å². The van der Waals surface area contributed by atoms with Gasteiger partial charge in [0.1, 0.15) is 5.82 Å². The average Bonchev–Trinajstić information content (AvgIpc) is 2.55. The first-order chi connectivity index (χ1) is 10.7. The highest BCUT2D eigenvalue weighted by Gasteiger charge is 2.16. The minimum Gasteiger partial charge on any atom is -0.481 e. The van der Waals surface area contributed by atoms with Crippen LogP contribution in [0.15, 0.2) is 18.3 Å². The lowest BCUT2D eigenvalue weighted by molar-refractivity contribution is 0.122. The molecule has 1 aliphatic heterocycles. The molecular weight excluding hydrogens is 306 g/mol. The molecule has 116 valence electrons. The third kappa shape index (κ3) is 3.05. The number of ether oxygens (including phenoxy) is 2. The van der Waals surface area contributed by atoms with Crippen molar-refractivity contribution in [2.75, 3.05) is 44.0 Å². The van der Waals surface area contributed by atoms with Gasteiger partial charge in [-0.2, -0.15) is 4.98 Å². The molecule has 3 heterocycles. The molecule has 1 saturated heterocycles. The van der Waals surface area contributed by atoms with Crippen LogP contribution >= 0.6 is 11.6 Å². The first-order valence-electron chi connectivity index (χ1n) is 6.84. The maximum Gasteiger partial charge on any atom is 0.222 e. The van der Waals surface area contributed by atoms with Crippen molar-refractivity contribution in [1.82, 2.24) is 15.0 Å². The lowest BCUT2D eigenvalue weighted by atomic mass is 10.2. The zero-order chi connectivity index (χ0) is 15.5. The fraction of sp³-hybridized carbons (Fsp3) is 0.357. The number of morpholine rings is 1. The molecule has 1 aliphatic rings. The fourth-order valence-electron chi connectivity index (χ4n) is 2.27. The van der Waals surface area contributed by atoms with E-state index >= 15 is 0 Å². The highest BCUT2D eigenvalue weighted by molar-refractivity contribution is 6.33. The van der Waals surface area contributed by atoms with Gasteiger partial charge in [-0.15, -0.1) is 0 Å². The minimum atomic E-state index is 0.200. The Balaban J connectivity index is 2.02. The van der Waals surface area contributed by atoms with Crippen LogP contribution in [0.1, 0.15) is 0 Å². The van der Waals surface area contributed by atoms with Crippen LogP contribution in [0.5, 0.6) is 5.88 Å². The smallest absolute Gasteiger partial charge is 0.222 e. The van der Waals surface area contributed by atoms with Gasteiger partial charge in [0.2, 0.25) is 11.8 Å². The summed E-state index contributed by atoms with van der Waals surface area (Å²) < 4.78 is 10.5. The lowest BCUT2D eigenvalue weighted by Gasteiger charge is -2.28. The summed E-state index contributed by atoms with van der Waals surface area (Å²) in [7, 11) is 1.55. The zero-order valence-electron chi connectivity index (χ0n) is 12.1. The number of methoxy groups -OCH3 is 1. The summed E-state index contributed by atoms with van der Waals surface area (Å²) in [6.45, 7) is 2.87. The zero-order valence-corrected chi connectivity index (χ0v) is 12.9. The summed E-state index contributed by atoms with van der Waals surface area (Å²) >= 11 is 6.23. The van der Waals surface area contributed by atoms with E-state index in [4.69, 9.17) is 26.8 Å². The van der Waals surface area contributed by atoms with Gasteiger partial charge in [-0.3, -0.25) is 0 Å². The van der Waals surface area contributed by atoms with Gasteiger partial charge in [0.25, 0.3) is 0 Å². The number of anilines is 2. The predicted octanol–water partition coefficient (Wildman–Crippen LogP) is 1.62. The van der Waals surface area contributed by atoms with Gasteiger partial charge in [-0.1, -0.05) is 11.6 Å². The molecule has 1 fully saturated rings. The Morgan fingerprint density at radius 1 is 1.27 bits per heavy atom. The molecule has 7 nitrogen and oxygen atoms in total. The average molecular weight is 322 g/mol. The van der Waals surface area contributed by atoms with Crippen LogP contribution in [0.3, 0.4) is 0 Å². The van der Waals surface area contributed by atoms with Crippen molar-refractivity contribution in [2.45, 2.75) is 0 Å². The van der Waals surface area contributed by atoms with Crippen molar-refractivity contribution in [2.24, 2.45) is 0 Å². The molecule has 0 unspecified atom stereocenters. The predicted molar refractivity (Wildman–Crippen MR) is 84.3 cm³/mol. The molecule has 0 saturated carbocycles. The number of halogens is 1. The molecule has 3 rings (SSSR count). The van der Waals surface area contributed by atoms with Crippen molar-refractivity contribution < 1.29 is 9.47 Å². The molecule has 0 bridgehead atoms. The standard InChI is InChI=1S/C14H16ClN5O2/c1-21-13-6-9(10(15)8-17-13)11-7-12(19-14(16)18-11)20-2-4-22-5-3-20/h6-8H,2-5H2,1H3,(H2,16,18,19). The van der Waals surface area contributed by atoms with E-state index in [0.29, 0.717) is 35.4 Å². The summed E-state index contributed by atoms with van der Waals surface area (Å²) in [5.74, 6) is 1.42. The Labute approximate surface area is 133 Å². The Morgan fingerprint density at radius 2 is 2.05 bits per heavy atom. The quantitative estimate of drug-likeness (QED) is 0.919. The minimum absolute atomic E-state index is 0.200. The number of nitrogen functional groups attached to an aromatic ring is 1. The maximum absolute atomic E-state index is 6.23. The Hall–Kier alpha value is -2.12. The van der Waals surface area contributed by atoms with Crippen LogP contribution in [0.2, 0.25) is 5.02 Å². The van der Waals surface area contributed by atoms with Gasteiger partial charge in [-0.05, 0) is 0 Å². The molecule has 22 heavy (non-hydrogen) atoms. The van der Waals surface area contributed by atoms with Gasteiger partial charge in [0, 0.05) is 30.8 Å². The first-order valence-corrected chi connectivity index (χ1v) is 7.22. The lowest BCUT2D eigenvalue weighted by Crippen LogP contribution is -2.36. The summed E-state index contributed by atoms with van der Waals surface area (Å²) in [5.41, 5.74) is 7.20. The molecule has 0 aromatic carbocycles. The maximum atomic E-state index is 6.23. The summed E-state index contributed by atoms with van der Waals surface area (Å²) in [4.78, 5) is 14.7. The van der Waals surface area contributed by atoms with Crippen LogP contribution in [-0.2, 0) is 4.74 Å². The molecule has 0 spiro atoms. The third-order valence-electron chi connectivity index (χ3n) is 3.38. The molecule has 8 heteroatoms. The van der Waals surface area contributed by atoms with Gasteiger partial charge >= 0.3 is 0 Å². The number of hydrogen-bond donors (Lipinski definition) is 1.